The number of rotatable bonds is 6. The lowest BCUT2D eigenvalue weighted by molar-refractivity contribution is -0.141. The van der Waals surface area contributed by atoms with Gasteiger partial charge in [0.25, 0.3) is 0 Å². The van der Waals surface area contributed by atoms with Crippen LogP contribution in [0.25, 0.3) is 0 Å². The molecule has 0 heterocycles. The number of imide groups is 1. The molecule has 0 aliphatic heterocycles. The van der Waals surface area contributed by atoms with Gasteiger partial charge in [-0.1, -0.05) is 13.8 Å². The van der Waals surface area contributed by atoms with Crippen LogP contribution in [0.4, 0.5) is 0 Å². The largest absolute Gasteiger partial charge is 0.370 e. The first-order chi connectivity index (χ1) is 6.52. The van der Waals surface area contributed by atoms with Gasteiger partial charge in [0.15, 0.2) is 0 Å². The highest BCUT2D eigenvalue weighted by Gasteiger charge is 2.18. The molecular formula is C9H16N2O3. The number of carbonyl (C=O) groups is 3. The van der Waals surface area contributed by atoms with Gasteiger partial charge in [-0.15, -0.1) is 0 Å². The molecule has 0 spiro atoms. The number of amides is 3. The van der Waals surface area contributed by atoms with E-state index in [1.54, 1.807) is 6.92 Å². The van der Waals surface area contributed by atoms with Crippen LogP contribution in [0.15, 0.2) is 0 Å². The molecule has 0 rings (SSSR count). The van der Waals surface area contributed by atoms with E-state index in [1.165, 1.54) is 0 Å². The van der Waals surface area contributed by atoms with Crippen molar-refractivity contribution in [1.29, 1.82) is 0 Å². The lowest BCUT2D eigenvalue weighted by Crippen LogP contribution is -2.36. The van der Waals surface area contributed by atoms with Crippen molar-refractivity contribution in [3.63, 3.8) is 0 Å². The summed E-state index contributed by atoms with van der Waals surface area (Å²) in [6.07, 6.45) is 1.12. The predicted octanol–water partition coefficient (Wildman–Crippen LogP) is -0.107. The molecule has 0 fully saturated rings. The van der Waals surface area contributed by atoms with E-state index in [2.05, 4.69) is 0 Å². The van der Waals surface area contributed by atoms with Gasteiger partial charge < -0.3 is 5.73 Å². The minimum atomic E-state index is -0.520. The first kappa shape index (κ1) is 12.6. The summed E-state index contributed by atoms with van der Waals surface area (Å²) in [4.78, 5) is 33.4. The Morgan fingerprint density at radius 3 is 2.43 bits per heavy atom. The number of nitrogens with two attached hydrogens (primary N) is 1. The van der Waals surface area contributed by atoms with E-state index in [9.17, 15) is 14.4 Å². The highest BCUT2D eigenvalue weighted by atomic mass is 16.2. The third kappa shape index (κ3) is 4.02. The Hall–Kier alpha value is -1.39. The number of hydrogen-bond acceptors (Lipinski definition) is 3. The molecule has 0 aromatic heterocycles. The maximum absolute atomic E-state index is 11.5. The molecule has 0 aromatic rings. The molecule has 0 aromatic carbocycles. The van der Waals surface area contributed by atoms with Gasteiger partial charge >= 0.3 is 0 Å². The van der Waals surface area contributed by atoms with E-state index < -0.39 is 5.91 Å². The van der Waals surface area contributed by atoms with E-state index in [0.717, 1.165) is 4.90 Å². The number of nitrogens with zero attached hydrogens (tertiary/aromatic N) is 1. The standard InChI is InChI=1S/C9H16N2O3/c1-3-7(2)9(14)11(6-12)5-4-8(10)13/h6-7H,3-5H2,1-2H3,(H2,10,13). The third-order valence-electron chi connectivity index (χ3n) is 2.04. The zero-order chi connectivity index (χ0) is 11.1. The molecule has 5 nitrogen and oxygen atoms in total. The highest BCUT2D eigenvalue weighted by molar-refractivity contribution is 5.88. The van der Waals surface area contributed by atoms with Crippen molar-refractivity contribution in [2.45, 2.75) is 26.7 Å². The van der Waals surface area contributed by atoms with E-state index >= 15 is 0 Å². The van der Waals surface area contributed by atoms with E-state index in [1.807, 2.05) is 6.92 Å². The second-order valence-electron chi connectivity index (χ2n) is 3.16. The minimum Gasteiger partial charge on any atom is -0.370 e. The average Bonchev–Trinajstić information content (AvgIpc) is 2.16. The van der Waals surface area contributed by atoms with Crippen LogP contribution in [-0.2, 0) is 14.4 Å². The lowest BCUT2D eigenvalue weighted by atomic mass is 10.1. The van der Waals surface area contributed by atoms with E-state index in [0.29, 0.717) is 12.8 Å². The summed E-state index contributed by atoms with van der Waals surface area (Å²) in [5.41, 5.74) is 4.91. The Balaban J connectivity index is 4.19. The third-order valence-corrected chi connectivity index (χ3v) is 2.04. The Bertz CT molecular complexity index is 228. The summed E-state index contributed by atoms with van der Waals surface area (Å²) >= 11 is 0. The molecule has 2 N–H and O–H groups in total. The smallest absolute Gasteiger partial charge is 0.231 e. The Morgan fingerprint density at radius 1 is 1.50 bits per heavy atom. The van der Waals surface area contributed by atoms with Crippen LogP contribution in [0, 0.1) is 5.92 Å². The van der Waals surface area contributed by atoms with Gasteiger partial charge in [0, 0.05) is 18.9 Å². The fourth-order valence-electron chi connectivity index (χ4n) is 0.903. The average molecular weight is 200 g/mol. The molecule has 0 aliphatic rings. The zero-order valence-electron chi connectivity index (χ0n) is 8.53. The summed E-state index contributed by atoms with van der Waals surface area (Å²) in [6, 6.07) is 0. The fourth-order valence-corrected chi connectivity index (χ4v) is 0.903. The van der Waals surface area contributed by atoms with Crippen molar-refractivity contribution in [2.75, 3.05) is 6.54 Å². The molecule has 0 radical (unpaired) electrons. The van der Waals surface area contributed by atoms with Crippen molar-refractivity contribution in [3.05, 3.63) is 0 Å². The molecule has 80 valence electrons. The number of primary amides is 1. The SMILES string of the molecule is CCC(C)C(=O)N(C=O)CCC(N)=O. The Labute approximate surface area is 83.2 Å². The Kier molecular flexibility index (Phi) is 5.52. The fraction of sp³-hybridized carbons (Fsp3) is 0.667. The van der Waals surface area contributed by atoms with Gasteiger partial charge in [-0.3, -0.25) is 19.3 Å². The first-order valence-electron chi connectivity index (χ1n) is 4.57. The van der Waals surface area contributed by atoms with Gasteiger partial charge in [-0.05, 0) is 6.42 Å². The van der Waals surface area contributed by atoms with Gasteiger partial charge in [0.2, 0.25) is 18.2 Å². The first-order valence-corrected chi connectivity index (χ1v) is 4.57. The summed E-state index contributed by atoms with van der Waals surface area (Å²) in [5.74, 6) is -0.981. The lowest BCUT2D eigenvalue weighted by Gasteiger charge is -2.17. The number of carbonyl (C=O) groups excluding carboxylic acids is 3. The Morgan fingerprint density at radius 2 is 2.07 bits per heavy atom. The molecule has 3 amide bonds. The van der Waals surface area contributed by atoms with Crippen molar-refractivity contribution in [3.8, 4) is 0 Å². The van der Waals surface area contributed by atoms with Gasteiger partial charge in [-0.2, -0.15) is 0 Å². The van der Waals surface area contributed by atoms with Crippen LogP contribution in [0.1, 0.15) is 26.7 Å². The van der Waals surface area contributed by atoms with Crippen LogP contribution in [0.3, 0.4) is 0 Å². The molecule has 1 unspecified atom stereocenters. The van der Waals surface area contributed by atoms with Gasteiger partial charge in [0.1, 0.15) is 0 Å². The maximum atomic E-state index is 11.5. The molecule has 5 heteroatoms. The summed E-state index contributed by atoms with van der Waals surface area (Å²) in [6.45, 7) is 3.67. The van der Waals surface area contributed by atoms with E-state index in [4.69, 9.17) is 5.73 Å². The quantitative estimate of drug-likeness (QED) is 0.607. The molecule has 14 heavy (non-hydrogen) atoms. The maximum Gasteiger partial charge on any atom is 0.231 e. The second-order valence-corrected chi connectivity index (χ2v) is 3.16. The minimum absolute atomic E-state index is 0.0148. The monoisotopic (exact) mass is 200 g/mol. The normalized spacial score (nSPS) is 11.9. The second kappa shape index (κ2) is 6.12. The number of hydrogen-bond donors (Lipinski definition) is 1. The molecule has 0 saturated carbocycles. The summed E-state index contributed by atoms with van der Waals surface area (Å²) in [7, 11) is 0. The predicted molar refractivity (Wildman–Crippen MR) is 51.0 cm³/mol. The molecule has 1 atom stereocenters. The van der Waals surface area contributed by atoms with Crippen LogP contribution < -0.4 is 5.73 Å². The highest BCUT2D eigenvalue weighted by Crippen LogP contribution is 2.05. The summed E-state index contributed by atoms with van der Waals surface area (Å²) in [5, 5.41) is 0. The molecule has 0 bridgehead atoms. The van der Waals surface area contributed by atoms with Crippen molar-refractivity contribution < 1.29 is 14.4 Å². The van der Waals surface area contributed by atoms with Crippen LogP contribution >= 0.6 is 0 Å². The van der Waals surface area contributed by atoms with Crippen LogP contribution in [0.5, 0.6) is 0 Å². The van der Waals surface area contributed by atoms with Crippen LogP contribution in [0.2, 0.25) is 0 Å². The van der Waals surface area contributed by atoms with Crippen molar-refractivity contribution in [2.24, 2.45) is 11.7 Å². The van der Waals surface area contributed by atoms with Crippen molar-refractivity contribution in [1.82, 2.24) is 4.90 Å². The molecule has 0 saturated heterocycles. The van der Waals surface area contributed by atoms with Crippen LogP contribution in [-0.4, -0.2) is 29.7 Å². The van der Waals surface area contributed by atoms with Gasteiger partial charge in [-0.25, -0.2) is 0 Å². The van der Waals surface area contributed by atoms with E-state index in [-0.39, 0.29) is 24.8 Å². The van der Waals surface area contributed by atoms with Crippen molar-refractivity contribution >= 4 is 18.2 Å². The van der Waals surface area contributed by atoms with Gasteiger partial charge in [0.05, 0.1) is 0 Å². The topological polar surface area (TPSA) is 80.5 Å². The summed E-state index contributed by atoms with van der Waals surface area (Å²) < 4.78 is 0. The zero-order valence-corrected chi connectivity index (χ0v) is 8.53. The molecule has 0 aliphatic carbocycles. The molecular weight excluding hydrogens is 184 g/mol.